The van der Waals surface area contributed by atoms with Gasteiger partial charge >= 0.3 is 0 Å². The van der Waals surface area contributed by atoms with E-state index < -0.39 is 0 Å². The zero-order valence-corrected chi connectivity index (χ0v) is 14.1. The monoisotopic (exact) mass is 326 g/mol. The molecule has 3 rings (SSSR count). The highest BCUT2D eigenvalue weighted by Gasteiger charge is 2.16. The first-order valence-corrected chi connectivity index (χ1v) is 8.27. The lowest BCUT2D eigenvalue weighted by atomic mass is 10.1. The molecule has 0 fully saturated rings. The van der Waals surface area contributed by atoms with Crippen LogP contribution >= 0.6 is 11.3 Å². The second-order valence-corrected chi connectivity index (χ2v) is 6.44. The Morgan fingerprint density at radius 2 is 2.04 bits per heavy atom. The van der Waals surface area contributed by atoms with Crippen LogP contribution in [0.1, 0.15) is 28.0 Å². The number of hydrogen-bond donors (Lipinski definition) is 1. The molecule has 5 nitrogen and oxygen atoms in total. The zero-order valence-electron chi connectivity index (χ0n) is 13.3. The highest BCUT2D eigenvalue weighted by Crippen LogP contribution is 2.24. The van der Waals surface area contributed by atoms with Crippen molar-refractivity contribution in [1.82, 2.24) is 14.8 Å². The number of aryl methyl sites for hydroxylation is 3. The van der Waals surface area contributed by atoms with Crippen molar-refractivity contribution in [2.45, 2.75) is 20.3 Å². The summed E-state index contributed by atoms with van der Waals surface area (Å²) in [6, 6.07) is 11.6. The quantitative estimate of drug-likeness (QED) is 0.796. The molecule has 2 heterocycles. The van der Waals surface area contributed by atoms with Gasteiger partial charge in [0.25, 0.3) is 5.91 Å². The summed E-state index contributed by atoms with van der Waals surface area (Å²) in [6.07, 6.45) is 0.863. The Balaban J connectivity index is 1.84. The molecule has 1 aromatic carbocycles. The average Bonchev–Trinajstić information content (AvgIpc) is 3.11. The van der Waals surface area contributed by atoms with Gasteiger partial charge in [0.2, 0.25) is 0 Å². The molecule has 118 valence electrons. The van der Waals surface area contributed by atoms with Gasteiger partial charge in [0.05, 0.1) is 11.4 Å². The van der Waals surface area contributed by atoms with Crippen LogP contribution in [0.4, 0.5) is 5.13 Å². The van der Waals surface area contributed by atoms with Crippen LogP contribution in [-0.4, -0.2) is 20.7 Å². The molecule has 0 aliphatic heterocycles. The van der Waals surface area contributed by atoms with Crippen LogP contribution in [0.3, 0.4) is 0 Å². The number of nitrogens with one attached hydrogen (secondary N) is 1. The SMILES string of the molecule is CCc1nc(NC(=O)c2cc(-c3ccccc3)nn2C)sc1C. The van der Waals surface area contributed by atoms with E-state index in [9.17, 15) is 4.79 Å². The number of anilines is 1. The third kappa shape index (κ3) is 3.17. The van der Waals surface area contributed by atoms with Gasteiger partial charge in [0.1, 0.15) is 5.69 Å². The molecule has 2 aromatic heterocycles. The number of carbonyl (C=O) groups excluding carboxylic acids is 1. The minimum Gasteiger partial charge on any atom is -0.296 e. The van der Waals surface area contributed by atoms with Gasteiger partial charge in [-0.05, 0) is 19.4 Å². The summed E-state index contributed by atoms with van der Waals surface area (Å²) >= 11 is 1.50. The van der Waals surface area contributed by atoms with Gasteiger partial charge < -0.3 is 0 Å². The third-order valence-electron chi connectivity index (χ3n) is 3.63. The Hall–Kier alpha value is -2.47. The zero-order chi connectivity index (χ0) is 16.4. The maximum absolute atomic E-state index is 12.5. The molecule has 0 unspecified atom stereocenters. The second kappa shape index (κ2) is 6.34. The molecule has 0 saturated carbocycles. The predicted molar refractivity (Wildman–Crippen MR) is 92.8 cm³/mol. The number of aromatic nitrogens is 3. The Kier molecular flexibility index (Phi) is 4.25. The van der Waals surface area contributed by atoms with Crippen LogP contribution < -0.4 is 5.32 Å². The van der Waals surface area contributed by atoms with Crippen molar-refractivity contribution >= 4 is 22.4 Å². The molecular weight excluding hydrogens is 308 g/mol. The van der Waals surface area contributed by atoms with Gasteiger partial charge in [-0.25, -0.2) is 4.98 Å². The minimum atomic E-state index is -0.196. The number of nitrogens with zero attached hydrogens (tertiary/aromatic N) is 3. The fraction of sp³-hybridized carbons (Fsp3) is 0.235. The van der Waals surface area contributed by atoms with Gasteiger partial charge in [0, 0.05) is 17.5 Å². The van der Waals surface area contributed by atoms with E-state index in [0.717, 1.165) is 28.2 Å². The van der Waals surface area contributed by atoms with Crippen LogP contribution in [0.25, 0.3) is 11.3 Å². The Morgan fingerprint density at radius 1 is 1.30 bits per heavy atom. The lowest BCUT2D eigenvalue weighted by Crippen LogP contribution is -2.15. The summed E-state index contributed by atoms with van der Waals surface area (Å²) in [5.74, 6) is -0.196. The molecule has 1 amide bonds. The molecule has 0 radical (unpaired) electrons. The van der Waals surface area contributed by atoms with Crippen molar-refractivity contribution in [3.63, 3.8) is 0 Å². The summed E-state index contributed by atoms with van der Waals surface area (Å²) in [5.41, 5.74) is 3.30. The fourth-order valence-electron chi connectivity index (χ4n) is 2.40. The average molecular weight is 326 g/mol. The Bertz CT molecular complexity index is 836. The summed E-state index contributed by atoms with van der Waals surface area (Å²) in [7, 11) is 1.77. The smallest absolute Gasteiger partial charge is 0.275 e. The molecule has 0 spiro atoms. The van der Waals surface area contributed by atoms with Crippen LogP contribution in [0.2, 0.25) is 0 Å². The highest BCUT2D eigenvalue weighted by molar-refractivity contribution is 7.15. The lowest BCUT2D eigenvalue weighted by Gasteiger charge is -2.01. The molecular formula is C17H18N4OS. The fourth-order valence-corrected chi connectivity index (χ4v) is 3.30. The molecule has 23 heavy (non-hydrogen) atoms. The van der Waals surface area contributed by atoms with Gasteiger partial charge in [-0.2, -0.15) is 5.10 Å². The van der Waals surface area contributed by atoms with Crippen molar-refractivity contribution in [1.29, 1.82) is 0 Å². The molecule has 1 N–H and O–H groups in total. The molecule has 0 atom stereocenters. The summed E-state index contributed by atoms with van der Waals surface area (Å²) < 4.78 is 1.60. The van der Waals surface area contributed by atoms with E-state index in [1.54, 1.807) is 17.8 Å². The first-order chi connectivity index (χ1) is 11.1. The number of hydrogen-bond acceptors (Lipinski definition) is 4. The van der Waals surface area contributed by atoms with Crippen LogP contribution in [-0.2, 0) is 13.5 Å². The van der Waals surface area contributed by atoms with Gasteiger partial charge in [-0.15, -0.1) is 11.3 Å². The molecule has 0 bridgehead atoms. The number of amides is 1. The first-order valence-electron chi connectivity index (χ1n) is 7.45. The Morgan fingerprint density at radius 3 is 2.70 bits per heavy atom. The van der Waals surface area contributed by atoms with Gasteiger partial charge in [0.15, 0.2) is 5.13 Å². The third-order valence-corrected chi connectivity index (χ3v) is 4.56. The van der Waals surface area contributed by atoms with E-state index in [4.69, 9.17) is 0 Å². The predicted octanol–water partition coefficient (Wildman–Crippen LogP) is 3.67. The lowest BCUT2D eigenvalue weighted by molar-refractivity contribution is 0.101. The highest BCUT2D eigenvalue weighted by atomic mass is 32.1. The second-order valence-electron chi connectivity index (χ2n) is 5.23. The van der Waals surface area contributed by atoms with E-state index >= 15 is 0 Å². The van der Waals surface area contributed by atoms with Crippen LogP contribution in [0, 0.1) is 6.92 Å². The molecule has 3 aromatic rings. The number of benzene rings is 1. The van der Waals surface area contributed by atoms with Crippen LogP contribution in [0.5, 0.6) is 0 Å². The van der Waals surface area contributed by atoms with Crippen molar-refractivity contribution < 1.29 is 4.79 Å². The molecule has 0 aliphatic rings. The number of carbonyl (C=O) groups is 1. The molecule has 0 aliphatic carbocycles. The standard InChI is InChI=1S/C17H18N4OS/c1-4-13-11(2)23-17(18-13)19-16(22)15-10-14(20-21(15)3)12-8-6-5-7-9-12/h5-10H,4H2,1-3H3,(H,18,19,22). The van der Waals surface area contributed by atoms with Crippen LogP contribution in [0.15, 0.2) is 36.4 Å². The summed E-state index contributed by atoms with van der Waals surface area (Å²) in [4.78, 5) is 18.1. The van der Waals surface area contributed by atoms with E-state index in [1.165, 1.54) is 11.3 Å². The number of thiazole rings is 1. The largest absolute Gasteiger partial charge is 0.296 e. The summed E-state index contributed by atoms with van der Waals surface area (Å²) in [5, 5.41) is 7.92. The van der Waals surface area contributed by atoms with E-state index in [1.807, 2.05) is 37.3 Å². The maximum Gasteiger partial charge on any atom is 0.275 e. The molecule has 0 saturated heterocycles. The van der Waals surface area contributed by atoms with E-state index in [-0.39, 0.29) is 5.91 Å². The van der Waals surface area contributed by atoms with E-state index in [0.29, 0.717) is 10.8 Å². The summed E-state index contributed by atoms with van der Waals surface area (Å²) in [6.45, 7) is 4.07. The number of rotatable bonds is 4. The van der Waals surface area contributed by atoms with Gasteiger partial charge in [-0.3, -0.25) is 14.8 Å². The topological polar surface area (TPSA) is 59.8 Å². The van der Waals surface area contributed by atoms with Crippen molar-refractivity contribution in [2.75, 3.05) is 5.32 Å². The van der Waals surface area contributed by atoms with Crippen molar-refractivity contribution in [3.05, 3.63) is 52.7 Å². The first kappa shape index (κ1) is 15.4. The van der Waals surface area contributed by atoms with Crippen molar-refractivity contribution in [3.8, 4) is 11.3 Å². The Labute approximate surface area is 139 Å². The maximum atomic E-state index is 12.5. The van der Waals surface area contributed by atoms with E-state index in [2.05, 4.69) is 22.3 Å². The van der Waals surface area contributed by atoms with Gasteiger partial charge in [-0.1, -0.05) is 37.3 Å². The molecule has 6 heteroatoms. The normalized spacial score (nSPS) is 10.7. The van der Waals surface area contributed by atoms with Crippen molar-refractivity contribution in [2.24, 2.45) is 7.05 Å². The minimum absolute atomic E-state index is 0.196.